The number of hydrogen-bond donors (Lipinski definition) is 2. The average molecular weight is 419 g/mol. The topological polar surface area (TPSA) is 70.9 Å². The molecule has 0 unspecified atom stereocenters. The first kappa shape index (κ1) is 16.0. The molecule has 3 aromatic heterocycles. The van der Waals surface area contributed by atoms with E-state index in [0.29, 0.717) is 6.54 Å². The van der Waals surface area contributed by atoms with Crippen LogP contribution in [-0.2, 0) is 6.54 Å². The lowest BCUT2D eigenvalue weighted by Crippen LogP contribution is -2.07. The minimum absolute atomic E-state index is 0.555. The second-order valence-electron chi connectivity index (χ2n) is 6.17. The number of fused-ring (bicyclic) bond motifs is 2. The molecule has 3 heterocycles. The predicted octanol–water partition coefficient (Wildman–Crippen LogP) is 4.65. The van der Waals surface area contributed by atoms with E-state index in [2.05, 4.69) is 36.3 Å². The number of nitrogens with zero attached hydrogens (tertiary/aromatic N) is 4. The third-order valence-corrected chi connectivity index (χ3v) is 4.93. The van der Waals surface area contributed by atoms with Crippen LogP contribution < -0.4 is 5.32 Å². The molecule has 0 saturated carbocycles. The molecule has 0 atom stereocenters. The van der Waals surface area contributed by atoms with Gasteiger partial charge in [-0.3, -0.25) is 0 Å². The number of imidazole rings is 1. The van der Waals surface area contributed by atoms with Crippen LogP contribution in [0.2, 0.25) is 0 Å². The van der Waals surface area contributed by atoms with E-state index in [4.69, 9.17) is 4.98 Å². The molecule has 0 aliphatic carbocycles. The highest BCUT2D eigenvalue weighted by Gasteiger charge is 2.12. The zero-order chi connectivity index (χ0) is 18.2. The molecule has 6 nitrogen and oxygen atoms in total. The van der Waals surface area contributed by atoms with Crippen molar-refractivity contribution in [1.29, 1.82) is 0 Å². The van der Waals surface area contributed by atoms with Gasteiger partial charge >= 0.3 is 0 Å². The van der Waals surface area contributed by atoms with E-state index in [-0.39, 0.29) is 0 Å². The first-order valence-electron chi connectivity index (χ1n) is 8.55. The summed E-state index contributed by atoms with van der Waals surface area (Å²) >= 11 is 3.53. The monoisotopic (exact) mass is 418 g/mol. The second kappa shape index (κ2) is 6.51. The largest absolute Gasteiger partial charge is 0.363 e. The van der Waals surface area contributed by atoms with E-state index in [1.54, 1.807) is 10.7 Å². The van der Waals surface area contributed by atoms with Crippen LogP contribution in [-0.4, -0.2) is 24.6 Å². The zero-order valence-corrected chi connectivity index (χ0v) is 15.8. The zero-order valence-electron chi connectivity index (χ0n) is 14.2. The number of halogens is 1. The molecule has 7 heteroatoms. The predicted molar refractivity (Wildman–Crippen MR) is 110 cm³/mol. The van der Waals surface area contributed by atoms with E-state index >= 15 is 0 Å². The lowest BCUT2D eigenvalue weighted by molar-refractivity contribution is 0.911. The highest BCUT2D eigenvalue weighted by molar-refractivity contribution is 9.10. The fraction of sp³-hybridized carbons (Fsp3) is 0.0500. The Labute approximate surface area is 163 Å². The minimum atomic E-state index is 0.555. The van der Waals surface area contributed by atoms with Gasteiger partial charge in [0.1, 0.15) is 11.6 Å². The number of H-pyrrole nitrogens is 1. The van der Waals surface area contributed by atoms with Crippen molar-refractivity contribution in [2.45, 2.75) is 6.54 Å². The Morgan fingerprint density at radius 1 is 1.00 bits per heavy atom. The van der Waals surface area contributed by atoms with Crippen LogP contribution in [0.1, 0.15) is 5.82 Å². The van der Waals surface area contributed by atoms with Crippen molar-refractivity contribution in [3.8, 4) is 11.3 Å². The summed E-state index contributed by atoms with van der Waals surface area (Å²) in [5.74, 6) is 1.72. The Hall–Kier alpha value is -3.19. The van der Waals surface area contributed by atoms with Crippen LogP contribution >= 0.6 is 15.9 Å². The minimum Gasteiger partial charge on any atom is -0.363 e. The highest BCUT2D eigenvalue weighted by atomic mass is 79.9. The van der Waals surface area contributed by atoms with E-state index < -0.39 is 0 Å². The van der Waals surface area contributed by atoms with Crippen LogP contribution in [0.15, 0.2) is 71.3 Å². The average Bonchev–Trinajstić information content (AvgIpc) is 3.30. The molecular formula is C20H15BrN6. The SMILES string of the molecule is Brc1cnn2c(NCc3nc4ccccc4[nH]3)cc(-c3ccccc3)nc12. The number of benzene rings is 2. The molecule has 5 aromatic rings. The van der Waals surface area contributed by atoms with Crippen molar-refractivity contribution < 1.29 is 0 Å². The molecule has 0 spiro atoms. The molecule has 5 rings (SSSR count). The molecule has 0 bridgehead atoms. The molecule has 0 fully saturated rings. The van der Waals surface area contributed by atoms with Gasteiger partial charge in [-0.15, -0.1) is 0 Å². The van der Waals surface area contributed by atoms with Crippen molar-refractivity contribution >= 4 is 38.4 Å². The Morgan fingerprint density at radius 3 is 2.67 bits per heavy atom. The lowest BCUT2D eigenvalue weighted by atomic mass is 10.1. The summed E-state index contributed by atoms with van der Waals surface area (Å²) in [6.45, 7) is 0.555. The number of rotatable bonds is 4. The quantitative estimate of drug-likeness (QED) is 0.445. The summed E-state index contributed by atoms with van der Waals surface area (Å²) < 4.78 is 2.64. The molecule has 0 aliphatic heterocycles. The van der Waals surface area contributed by atoms with Crippen LogP contribution in [0.4, 0.5) is 5.82 Å². The standard InChI is InChI=1S/C20H15BrN6/c21-14-11-23-27-19(10-17(26-20(14)27)13-6-2-1-3-7-13)22-12-18-24-15-8-4-5-9-16(15)25-18/h1-11,22H,12H2,(H,24,25). The fourth-order valence-electron chi connectivity index (χ4n) is 3.08. The highest BCUT2D eigenvalue weighted by Crippen LogP contribution is 2.26. The van der Waals surface area contributed by atoms with Crippen LogP contribution in [0.25, 0.3) is 27.9 Å². The van der Waals surface area contributed by atoms with Gasteiger partial charge in [0.15, 0.2) is 5.65 Å². The Balaban J connectivity index is 1.53. The van der Waals surface area contributed by atoms with Gasteiger partial charge in [-0.05, 0) is 28.1 Å². The van der Waals surface area contributed by atoms with Crippen molar-refractivity contribution in [2.75, 3.05) is 5.32 Å². The van der Waals surface area contributed by atoms with E-state index in [9.17, 15) is 0 Å². The number of hydrogen-bond acceptors (Lipinski definition) is 4. The Bertz CT molecular complexity index is 1210. The van der Waals surface area contributed by atoms with Gasteiger partial charge in [0.05, 0.1) is 33.9 Å². The van der Waals surface area contributed by atoms with Gasteiger partial charge in [0, 0.05) is 11.6 Å². The second-order valence-corrected chi connectivity index (χ2v) is 7.03. The number of aromatic nitrogens is 5. The summed E-state index contributed by atoms with van der Waals surface area (Å²) in [5, 5.41) is 7.86. The van der Waals surface area contributed by atoms with Gasteiger partial charge in [0.25, 0.3) is 0 Å². The molecule has 2 N–H and O–H groups in total. The molecule has 0 saturated heterocycles. The number of anilines is 1. The lowest BCUT2D eigenvalue weighted by Gasteiger charge is -2.10. The third-order valence-electron chi connectivity index (χ3n) is 4.37. The smallest absolute Gasteiger partial charge is 0.172 e. The van der Waals surface area contributed by atoms with E-state index in [0.717, 1.165) is 44.1 Å². The van der Waals surface area contributed by atoms with Crippen LogP contribution in [0.3, 0.4) is 0 Å². The molecule has 2 aromatic carbocycles. The molecule has 27 heavy (non-hydrogen) atoms. The van der Waals surface area contributed by atoms with Crippen molar-refractivity contribution in [3.63, 3.8) is 0 Å². The summed E-state index contributed by atoms with van der Waals surface area (Å²) in [6.07, 6.45) is 1.75. The summed E-state index contributed by atoms with van der Waals surface area (Å²) in [7, 11) is 0. The molecule has 0 amide bonds. The first-order valence-corrected chi connectivity index (χ1v) is 9.34. The normalized spacial score (nSPS) is 11.3. The fourth-order valence-corrected chi connectivity index (χ4v) is 3.43. The molecular weight excluding hydrogens is 404 g/mol. The van der Waals surface area contributed by atoms with Gasteiger partial charge < -0.3 is 10.3 Å². The van der Waals surface area contributed by atoms with Gasteiger partial charge in [0.2, 0.25) is 0 Å². The maximum Gasteiger partial charge on any atom is 0.172 e. The number of para-hydroxylation sites is 2. The molecule has 0 aliphatic rings. The van der Waals surface area contributed by atoms with Crippen LogP contribution in [0.5, 0.6) is 0 Å². The summed E-state index contributed by atoms with van der Waals surface area (Å²) in [4.78, 5) is 12.7. The van der Waals surface area contributed by atoms with Crippen molar-refractivity contribution in [2.24, 2.45) is 0 Å². The maximum atomic E-state index is 4.75. The van der Waals surface area contributed by atoms with Gasteiger partial charge in [-0.1, -0.05) is 42.5 Å². The van der Waals surface area contributed by atoms with Gasteiger partial charge in [-0.25, -0.2) is 9.97 Å². The summed E-state index contributed by atoms with van der Waals surface area (Å²) in [5.41, 5.74) is 4.70. The van der Waals surface area contributed by atoms with Crippen LogP contribution in [0, 0.1) is 0 Å². The maximum absolute atomic E-state index is 4.75. The van der Waals surface area contributed by atoms with Crippen molar-refractivity contribution in [1.82, 2.24) is 24.6 Å². The molecule has 0 radical (unpaired) electrons. The van der Waals surface area contributed by atoms with Gasteiger partial charge in [-0.2, -0.15) is 9.61 Å². The first-order chi connectivity index (χ1) is 13.3. The van der Waals surface area contributed by atoms with E-state index in [1.807, 2.05) is 60.7 Å². The third kappa shape index (κ3) is 2.96. The Kier molecular flexibility index (Phi) is 3.86. The molecule has 132 valence electrons. The Morgan fingerprint density at radius 2 is 1.81 bits per heavy atom. The number of nitrogens with one attached hydrogen (secondary N) is 2. The van der Waals surface area contributed by atoms with E-state index in [1.165, 1.54) is 0 Å². The van der Waals surface area contributed by atoms with Crippen molar-refractivity contribution in [3.05, 3.63) is 77.2 Å². The number of aromatic amines is 1. The summed E-state index contributed by atoms with van der Waals surface area (Å²) in [6, 6.07) is 20.1.